The van der Waals surface area contributed by atoms with Crippen molar-refractivity contribution >= 4 is 32.5 Å². The summed E-state index contributed by atoms with van der Waals surface area (Å²) in [6.07, 6.45) is 5.24. The Morgan fingerprint density at radius 1 is 0.909 bits per heavy atom. The standard InChI is InChI=1S/C28H31BrFN3/c29-23-19-21-7-1-2-8-24(21)22(20-23)11-12-25-26(9-5-10-27(25)30)28-31-13-18-33(28)17-6-16-32-14-3-4-15-32/h1-2,5,7-10,19-20H,3-4,6,11-18H2. The molecule has 0 unspecified atom stereocenters. The highest BCUT2D eigenvalue weighted by Crippen LogP contribution is 2.27. The van der Waals surface area contributed by atoms with Gasteiger partial charge in [0.1, 0.15) is 11.7 Å². The first-order chi connectivity index (χ1) is 16.2. The third kappa shape index (κ3) is 5.15. The molecule has 5 rings (SSSR count). The molecule has 172 valence electrons. The SMILES string of the molecule is Fc1cccc(C2=NCCN2CCCN2CCCC2)c1CCc1cc(Br)cc2ccccc12. The van der Waals surface area contributed by atoms with Gasteiger partial charge < -0.3 is 9.80 Å². The van der Waals surface area contributed by atoms with Crippen LogP contribution >= 0.6 is 15.9 Å². The van der Waals surface area contributed by atoms with Gasteiger partial charge in [0, 0.05) is 23.1 Å². The molecule has 0 amide bonds. The summed E-state index contributed by atoms with van der Waals surface area (Å²) in [6.45, 7) is 6.34. The van der Waals surface area contributed by atoms with Gasteiger partial charge in [-0.2, -0.15) is 0 Å². The number of benzene rings is 3. The van der Waals surface area contributed by atoms with E-state index in [1.807, 2.05) is 6.07 Å². The first kappa shape index (κ1) is 22.5. The van der Waals surface area contributed by atoms with E-state index in [2.05, 4.69) is 68.2 Å². The normalized spacial score (nSPS) is 16.7. The summed E-state index contributed by atoms with van der Waals surface area (Å²) in [5.74, 6) is 0.850. The van der Waals surface area contributed by atoms with Gasteiger partial charge in [0.15, 0.2) is 0 Å². The van der Waals surface area contributed by atoms with Crippen LogP contribution in [0.1, 0.15) is 36.0 Å². The lowest BCUT2D eigenvalue weighted by molar-refractivity contribution is 0.313. The molecule has 2 heterocycles. The number of likely N-dealkylation sites (tertiary alicyclic amines) is 1. The number of hydrogen-bond acceptors (Lipinski definition) is 3. The van der Waals surface area contributed by atoms with Crippen LogP contribution in [0.4, 0.5) is 4.39 Å². The van der Waals surface area contributed by atoms with Gasteiger partial charge in [0.05, 0.1) is 6.54 Å². The van der Waals surface area contributed by atoms with Gasteiger partial charge in [0.2, 0.25) is 0 Å². The molecule has 0 N–H and O–H groups in total. The minimum atomic E-state index is -0.126. The molecule has 0 radical (unpaired) electrons. The first-order valence-corrected chi connectivity index (χ1v) is 12.9. The molecule has 0 saturated carbocycles. The Kier molecular flexibility index (Phi) is 7.07. The molecular weight excluding hydrogens is 477 g/mol. The Bertz CT molecular complexity index is 1150. The van der Waals surface area contributed by atoms with Crippen LogP contribution in [0.2, 0.25) is 0 Å². The Morgan fingerprint density at radius 3 is 2.64 bits per heavy atom. The molecule has 3 aromatic carbocycles. The van der Waals surface area contributed by atoms with Crippen molar-refractivity contribution < 1.29 is 4.39 Å². The fraction of sp³-hybridized carbons (Fsp3) is 0.393. The smallest absolute Gasteiger partial charge is 0.131 e. The van der Waals surface area contributed by atoms with Gasteiger partial charge in [-0.05, 0) is 91.8 Å². The molecule has 3 aromatic rings. The summed E-state index contributed by atoms with van der Waals surface area (Å²) in [7, 11) is 0. The Hall–Kier alpha value is -2.24. The van der Waals surface area contributed by atoms with Crippen molar-refractivity contribution in [2.75, 3.05) is 39.3 Å². The van der Waals surface area contributed by atoms with Crippen molar-refractivity contribution in [2.24, 2.45) is 4.99 Å². The summed E-state index contributed by atoms with van der Waals surface area (Å²) < 4.78 is 16.2. The Morgan fingerprint density at radius 2 is 1.76 bits per heavy atom. The minimum Gasteiger partial charge on any atom is -0.355 e. The highest BCUT2D eigenvalue weighted by atomic mass is 79.9. The maximum atomic E-state index is 15.1. The quantitative estimate of drug-likeness (QED) is 0.368. The molecule has 33 heavy (non-hydrogen) atoms. The molecule has 2 aliphatic rings. The van der Waals surface area contributed by atoms with E-state index in [4.69, 9.17) is 4.99 Å². The molecule has 0 spiro atoms. The van der Waals surface area contributed by atoms with Crippen LogP contribution in [-0.4, -0.2) is 54.9 Å². The topological polar surface area (TPSA) is 18.8 Å². The third-order valence-electron chi connectivity index (χ3n) is 6.95. The number of nitrogens with zero attached hydrogens (tertiary/aromatic N) is 3. The van der Waals surface area contributed by atoms with Crippen molar-refractivity contribution in [1.29, 1.82) is 0 Å². The average Bonchev–Trinajstić information content (AvgIpc) is 3.50. The molecule has 5 heteroatoms. The van der Waals surface area contributed by atoms with E-state index in [1.165, 1.54) is 42.3 Å². The van der Waals surface area contributed by atoms with E-state index in [0.717, 1.165) is 60.5 Å². The van der Waals surface area contributed by atoms with E-state index in [9.17, 15) is 0 Å². The molecule has 1 saturated heterocycles. The van der Waals surface area contributed by atoms with Crippen molar-refractivity contribution in [3.63, 3.8) is 0 Å². The number of aliphatic imine (C=N–C) groups is 1. The van der Waals surface area contributed by atoms with Crippen molar-refractivity contribution in [2.45, 2.75) is 32.1 Å². The van der Waals surface area contributed by atoms with Gasteiger partial charge in [-0.25, -0.2) is 4.39 Å². The number of amidine groups is 1. The predicted octanol–water partition coefficient (Wildman–Crippen LogP) is 6.07. The lowest BCUT2D eigenvalue weighted by atomic mass is 9.95. The predicted molar refractivity (Wildman–Crippen MR) is 139 cm³/mol. The van der Waals surface area contributed by atoms with Gasteiger partial charge >= 0.3 is 0 Å². The number of aryl methyl sites for hydroxylation is 1. The van der Waals surface area contributed by atoms with Crippen LogP contribution in [0.3, 0.4) is 0 Å². The van der Waals surface area contributed by atoms with Crippen LogP contribution in [0.5, 0.6) is 0 Å². The zero-order chi connectivity index (χ0) is 22.6. The second-order valence-electron chi connectivity index (χ2n) is 9.15. The van der Waals surface area contributed by atoms with E-state index in [0.29, 0.717) is 6.42 Å². The maximum Gasteiger partial charge on any atom is 0.131 e. The van der Waals surface area contributed by atoms with E-state index in [1.54, 1.807) is 6.07 Å². The Labute approximate surface area is 204 Å². The molecule has 1 fully saturated rings. The zero-order valence-corrected chi connectivity index (χ0v) is 20.7. The van der Waals surface area contributed by atoms with Crippen LogP contribution in [0.25, 0.3) is 10.8 Å². The second kappa shape index (κ2) is 10.4. The van der Waals surface area contributed by atoms with E-state index >= 15 is 4.39 Å². The largest absolute Gasteiger partial charge is 0.355 e. The summed E-state index contributed by atoms with van der Waals surface area (Å²) in [6, 6.07) is 18.2. The van der Waals surface area contributed by atoms with Crippen LogP contribution in [-0.2, 0) is 12.8 Å². The van der Waals surface area contributed by atoms with Crippen molar-refractivity contribution in [3.8, 4) is 0 Å². The van der Waals surface area contributed by atoms with Gasteiger partial charge in [0.25, 0.3) is 0 Å². The zero-order valence-electron chi connectivity index (χ0n) is 19.1. The number of hydrogen-bond donors (Lipinski definition) is 0. The number of fused-ring (bicyclic) bond motifs is 1. The third-order valence-corrected chi connectivity index (χ3v) is 7.41. The van der Waals surface area contributed by atoms with Gasteiger partial charge in [-0.15, -0.1) is 0 Å². The average molecular weight is 508 g/mol. The van der Waals surface area contributed by atoms with Crippen molar-refractivity contribution in [1.82, 2.24) is 9.80 Å². The highest BCUT2D eigenvalue weighted by molar-refractivity contribution is 9.10. The molecule has 0 atom stereocenters. The summed E-state index contributed by atoms with van der Waals surface area (Å²) in [5.41, 5.74) is 2.99. The van der Waals surface area contributed by atoms with Crippen molar-refractivity contribution in [3.05, 3.63) is 81.6 Å². The Balaban J connectivity index is 1.34. The lowest BCUT2D eigenvalue weighted by Gasteiger charge is -2.24. The molecule has 0 bridgehead atoms. The summed E-state index contributed by atoms with van der Waals surface area (Å²) in [4.78, 5) is 9.74. The van der Waals surface area contributed by atoms with Crippen LogP contribution < -0.4 is 0 Å². The van der Waals surface area contributed by atoms with Gasteiger partial charge in [-0.1, -0.05) is 52.3 Å². The monoisotopic (exact) mass is 507 g/mol. The maximum absolute atomic E-state index is 15.1. The lowest BCUT2D eigenvalue weighted by Crippen LogP contribution is -2.32. The molecule has 0 aromatic heterocycles. The second-order valence-corrected chi connectivity index (χ2v) is 10.1. The molecule has 2 aliphatic heterocycles. The highest BCUT2D eigenvalue weighted by Gasteiger charge is 2.23. The van der Waals surface area contributed by atoms with Gasteiger partial charge in [-0.3, -0.25) is 4.99 Å². The summed E-state index contributed by atoms with van der Waals surface area (Å²) >= 11 is 3.65. The number of halogens is 2. The summed E-state index contributed by atoms with van der Waals surface area (Å²) in [5, 5.41) is 2.44. The van der Waals surface area contributed by atoms with E-state index in [-0.39, 0.29) is 5.82 Å². The van der Waals surface area contributed by atoms with Crippen LogP contribution in [0, 0.1) is 5.82 Å². The first-order valence-electron chi connectivity index (χ1n) is 12.2. The molecule has 3 nitrogen and oxygen atoms in total. The fourth-order valence-corrected chi connectivity index (χ4v) is 5.81. The molecular formula is C28H31BrFN3. The molecule has 0 aliphatic carbocycles. The fourth-order valence-electron chi connectivity index (χ4n) is 5.29. The minimum absolute atomic E-state index is 0.126. The number of rotatable bonds is 8. The van der Waals surface area contributed by atoms with Crippen LogP contribution in [0.15, 0.2) is 64.1 Å². The van der Waals surface area contributed by atoms with E-state index < -0.39 is 0 Å².